The van der Waals surface area contributed by atoms with Crippen molar-refractivity contribution < 1.29 is 14.6 Å². The van der Waals surface area contributed by atoms with Gasteiger partial charge in [-0.15, -0.1) is 0 Å². The number of ether oxygens (including phenoxy) is 1. The lowest BCUT2D eigenvalue weighted by atomic mass is 10.00. The highest BCUT2D eigenvalue weighted by atomic mass is 16.5. The van der Waals surface area contributed by atoms with Crippen LogP contribution in [0, 0.1) is 13.8 Å². The predicted octanol–water partition coefficient (Wildman–Crippen LogP) is 3.05. The van der Waals surface area contributed by atoms with Gasteiger partial charge in [0.05, 0.1) is 18.7 Å². The molecular weight excluding hydrogens is 242 g/mol. The number of hydrogen-bond donors (Lipinski definition) is 1. The fraction of sp³-hybridized carbons (Fsp3) is 0.333. The van der Waals surface area contributed by atoms with Gasteiger partial charge in [-0.2, -0.15) is 0 Å². The highest BCUT2D eigenvalue weighted by Gasteiger charge is 2.19. The van der Waals surface area contributed by atoms with Gasteiger partial charge in [-0.3, -0.25) is 4.79 Å². The molecule has 2 rings (SSSR count). The molecule has 0 saturated carbocycles. The van der Waals surface area contributed by atoms with Crippen molar-refractivity contribution in [3.63, 3.8) is 0 Å². The minimum atomic E-state index is -0.874. The van der Waals surface area contributed by atoms with E-state index in [0.29, 0.717) is 17.0 Å². The quantitative estimate of drug-likeness (QED) is 0.920. The maximum atomic E-state index is 11.1. The lowest BCUT2D eigenvalue weighted by Crippen LogP contribution is -2.11. The predicted molar refractivity (Wildman–Crippen MR) is 73.8 cm³/mol. The molecular formula is C15H17NO3. The Morgan fingerprint density at radius 3 is 2.58 bits per heavy atom. The SMILES string of the molecule is COc1cc(C)cc2cc(C)c(C(C)C(=O)O)nc12. The Morgan fingerprint density at radius 2 is 2.00 bits per heavy atom. The third-order valence-electron chi connectivity index (χ3n) is 3.26. The number of rotatable bonds is 3. The molecule has 0 aliphatic rings. The molecule has 1 unspecified atom stereocenters. The largest absolute Gasteiger partial charge is 0.494 e. The molecule has 0 spiro atoms. The molecule has 4 nitrogen and oxygen atoms in total. The number of fused-ring (bicyclic) bond motifs is 1. The summed E-state index contributed by atoms with van der Waals surface area (Å²) in [6, 6.07) is 5.89. The average Bonchev–Trinajstić information content (AvgIpc) is 2.35. The second-order valence-electron chi connectivity index (χ2n) is 4.79. The smallest absolute Gasteiger partial charge is 0.312 e. The molecule has 0 amide bonds. The zero-order chi connectivity index (χ0) is 14.2. The lowest BCUT2D eigenvalue weighted by molar-refractivity contribution is -0.138. The van der Waals surface area contributed by atoms with Crippen LogP contribution in [0.1, 0.15) is 29.7 Å². The number of aryl methyl sites for hydroxylation is 2. The van der Waals surface area contributed by atoms with Crippen LogP contribution < -0.4 is 4.74 Å². The number of hydrogen-bond acceptors (Lipinski definition) is 3. The van der Waals surface area contributed by atoms with Crippen LogP contribution in [0.5, 0.6) is 5.75 Å². The summed E-state index contributed by atoms with van der Waals surface area (Å²) in [5.74, 6) is -0.828. The Kier molecular flexibility index (Phi) is 3.42. The first-order chi connectivity index (χ1) is 8.93. The molecule has 1 aromatic heterocycles. The number of carboxylic acids is 1. The number of pyridine rings is 1. The number of carboxylic acid groups (broad SMARTS) is 1. The van der Waals surface area contributed by atoms with E-state index in [2.05, 4.69) is 4.98 Å². The van der Waals surface area contributed by atoms with Crippen LogP contribution in [0.15, 0.2) is 18.2 Å². The van der Waals surface area contributed by atoms with Gasteiger partial charge in [0.1, 0.15) is 11.3 Å². The Bertz CT molecular complexity index is 649. The molecule has 0 radical (unpaired) electrons. The van der Waals surface area contributed by atoms with Gasteiger partial charge in [-0.05, 0) is 50.1 Å². The van der Waals surface area contributed by atoms with Crippen molar-refractivity contribution in [1.29, 1.82) is 0 Å². The molecule has 0 saturated heterocycles. The minimum Gasteiger partial charge on any atom is -0.494 e. The third kappa shape index (κ3) is 2.38. The molecule has 0 bridgehead atoms. The van der Waals surface area contributed by atoms with Crippen LogP contribution in [-0.2, 0) is 4.79 Å². The van der Waals surface area contributed by atoms with Crippen LogP contribution in [-0.4, -0.2) is 23.2 Å². The summed E-state index contributed by atoms with van der Waals surface area (Å²) in [4.78, 5) is 15.6. The summed E-state index contributed by atoms with van der Waals surface area (Å²) in [6.07, 6.45) is 0. The fourth-order valence-corrected chi connectivity index (χ4v) is 2.23. The molecule has 100 valence electrons. The first-order valence-electron chi connectivity index (χ1n) is 6.12. The topological polar surface area (TPSA) is 59.4 Å². The van der Waals surface area contributed by atoms with Crippen molar-refractivity contribution in [1.82, 2.24) is 4.98 Å². The van der Waals surface area contributed by atoms with E-state index in [1.807, 2.05) is 32.0 Å². The minimum absolute atomic E-state index is 0.585. The number of benzene rings is 1. The first kappa shape index (κ1) is 13.3. The van der Waals surface area contributed by atoms with E-state index in [4.69, 9.17) is 9.84 Å². The van der Waals surface area contributed by atoms with Crippen molar-refractivity contribution in [2.24, 2.45) is 0 Å². The van der Waals surface area contributed by atoms with Gasteiger partial charge >= 0.3 is 5.97 Å². The van der Waals surface area contributed by atoms with Crippen molar-refractivity contribution >= 4 is 16.9 Å². The highest BCUT2D eigenvalue weighted by molar-refractivity contribution is 5.87. The summed E-state index contributed by atoms with van der Waals surface area (Å²) in [5.41, 5.74) is 3.27. The van der Waals surface area contributed by atoms with E-state index < -0.39 is 11.9 Å². The number of methoxy groups -OCH3 is 1. The van der Waals surface area contributed by atoms with E-state index in [1.54, 1.807) is 14.0 Å². The van der Waals surface area contributed by atoms with Crippen LogP contribution >= 0.6 is 0 Å². The van der Waals surface area contributed by atoms with Crippen LogP contribution in [0.3, 0.4) is 0 Å². The lowest BCUT2D eigenvalue weighted by Gasteiger charge is -2.13. The number of aliphatic carboxylic acids is 1. The Balaban J connectivity index is 2.73. The van der Waals surface area contributed by atoms with Crippen LogP contribution in [0.2, 0.25) is 0 Å². The second kappa shape index (κ2) is 4.88. The zero-order valence-corrected chi connectivity index (χ0v) is 11.5. The van der Waals surface area contributed by atoms with E-state index >= 15 is 0 Å². The maximum absolute atomic E-state index is 11.1. The Hall–Kier alpha value is -2.10. The van der Waals surface area contributed by atoms with Crippen molar-refractivity contribution in [2.45, 2.75) is 26.7 Å². The second-order valence-corrected chi connectivity index (χ2v) is 4.79. The standard InChI is InChI=1S/C15H17NO3/c1-8-5-11-7-9(2)13(10(3)15(17)18)16-14(11)12(6-8)19-4/h5-7,10H,1-4H3,(H,17,18). The highest BCUT2D eigenvalue weighted by Crippen LogP contribution is 2.29. The molecule has 1 heterocycles. The van der Waals surface area contributed by atoms with E-state index in [-0.39, 0.29) is 0 Å². The molecule has 19 heavy (non-hydrogen) atoms. The van der Waals surface area contributed by atoms with Crippen molar-refractivity contribution in [2.75, 3.05) is 7.11 Å². The molecule has 0 fully saturated rings. The Labute approximate surface area is 112 Å². The van der Waals surface area contributed by atoms with Gasteiger partial charge < -0.3 is 9.84 Å². The summed E-state index contributed by atoms with van der Waals surface area (Å²) < 4.78 is 5.33. The van der Waals surface area contributed by atoms with Gasteiger partial charge in [0.25, 0.3) is 0 Å². The van der Waals surface area contributed by atoms with Gasteiger partial charge in [0.2, 0.25) is 0 Å². The number of aromatic nitrogens is 1. The summed E-state index contributed by atoms with van der Waals surface area (Å²) in [7, 11) is 1.59. The summed E-state index contributed by atoms with van der Waals surface area (Å²) in [6.45, 7) is 5.52. The number of carbonyl (C=O) groups is 1. The van der Waals surface area contributed by atoms with Gasteiger partial charge in [0, 0.05) is 5.39 Å². The molecule has 1 aromatic carbocycles. The number of nitrogens with zero attached hydrogens (tertiary/aromatic N) is 1. The Morgan fingerprint density at radius 1 is 1.32 bits per heavy atom. The zero-order valence-electron chi connectivity index (χ0n) is 11.5. The molecule has 1 N–H and O–H groups in total. The molecule has 1 atom stereocenters. The van der Waals surface area contributed by atoms with E-state index in [0.717, 1.165) is 16.5 Å². The van der Waals surface area contributed by atoms with Crippen molar-refractivity contribution in [3.05, 3.63) is 35.0 Å². The molecule has 0 aliphatic carbocycles. The summed E-state index contributed by atoms with van der Waals surface area (Å²) >= 11 is 0. The first-order valence-corrected chi connectivity index (χ1v) is 6.12. The maximum Gasteiger partial charge on any atom is 0.312 e. The average molecular weight is 259 g/mol. The van der Waals surface area contributed by atoms with Gasteiger partial charge in [-0.25, -0.2) is 4.98 Å². The van der Waals surface area contributed by atoms with Crippen LogP contribution in [0.4, 0.5) is 0 Å². The monoisotopic (exact) mass is 259 g/mol. The van der Waals surface area contributed by atoms with Crippen molar-refractivity contribution in [3.8, 4) is 5.75 Å². The third-order valence-corrected chi connectivity index (χ3v) is 3.26. The summed E-state index contributed by atoms with van der Waals surface area (Å²) in [5, 5.41) is 10.1. The van der Waals surface area contributed by atoms with E-state index in [1.165, 1.54) is 0 Å². The fourth-order valence-electron chi connectivity index (χ4n) is 2.23. The van der Waals surface area contributed by atoms with Crippen LogP contribution in [0.25, 0.3) is 10.9 Å². The van der Waals surface area contributed by atoms with Gasteiger partial charge in [-0.1, -0.05) is 0 Å². The normalized spacial score (nSPS) is 12.4. The van der Waals surface area contributed by atoms with E-state index in [9.17, 15) is 4.79 Å². The molecule has 2 aromatic rings. The molecule has 4 heteroatoms. The molecule has 0 aliphatic heterocycles. The van der Waals surface area contributed by atoms with Gasteiger partial charge in [0.15, 0.2) is 0 Å².